The number of aliphatic hydroxyl groups is 3. The first-order chi connectivity index (χ1) is 12.4. The molecular formula is C21H38O6. The minimum absolute atomic E-state index is 0.0618. The number of hydrogen-bond donors (Lipinski definition) is 3. The Morgan fingerprint density at radius 3 is 1.96 bits per heavy atom. The van der Waals surface area contributed by atoms with Crippen LogP contribution in [0.3, 0.4) is 0 Å². The first-order valence-electron chi connectivity index (χ1n) is 10.2. The quantitative estimate of drug-likeness (QED) is 0.470. The van der Waals surface area contributed by atoms with E-state index in [-0.39, 0.29) is 17.6 Å². The maximum absolute atomic E-state index is 12.8. The van der Waals surface area contributed by atoms with Gasteiger partial charge in [0.15, 0.2) is 0 Å². The largest absolute Gasteiger partial charge is 0.462 e. The van der Waals surface area contributed by atoms with Gasteiger partial charge in [0.05, 0.1) is 24.2 Å². The summed E-state index contributed by atoms with van der Waals surface area (Å²) >= 11 is 0. The summed E-state index contributed by atoms with van der Waals surface area (Å²) in [7, 11) is 0. The average Bonchev–Trinajstić information content (AvgIpc) is 2.66. The van der Waals surface area contributed by atoms with Gasteiger partial charge in [-0.25, -0.2) is 0 Å². The summed E-state index contributed by atoms with van der Waals surface area (Å²) in [6.07, 6.45) is -2.43. The molecule has 1 aliphatic rings. The van der Waals surface area contributed by atoms with Crippen LogP contribution in [0.4, 0.5) is 0 Å². The van der Waals surface area contributed by atoms with Crippen LogP contribution in [0.1, 0.15) is 61.3 Å². The summed E-state index contributed by atoms with van der Waals surface area (Å²) in [6, 6.07) is 0. The molecule has 6 heteroatoms. The molecule has 0 aromatic rings. The van der Waals surface area contributed by atoms with Gasteiger partial charge in [-0.2, -0.15) is 0 Å². The molecule has 10 atom stereocenters. The number of ketones is 1. The minimum atomic E-state index is -1.06. The third kappa shape index (κ3) is 5.52. The number of cyclic esters (lactones) is 1. The third-order valence-corrected chi connectivity index (χ3v) is 6.51. The maximum atomic E-state index is 12.8. The normalized spacial score (nSPS) is 45.9. The predicted octanol–water partition coefficient (Wildman–Crippen LogP) is 2.18. The lowest BCUT2D eigenvalue weighted by Crippen LogP contribution is -2.45. The van der Waals surface area contributed by atoms with Gasteiger partial charge in [0.1, 0.15) is 11.9 Å². The fraction of sp³-hybridized carbons (Fsp3) is 0.905. The summed E-state index contributed by atoms with van der Waals surface area (Å²) in [5, 5.41) is 31.9. The van der Waals surface area contributed by atoms with Crippen molar-refractivity contribution in [2.45, 2.75) is 85.7 Å². The van der Waals surface area contributed by atoms with Crippen molar-refractivity contribution in [2.24, 2.45) is 35.5 Å². The van der Waals surface area contributed by atoms with Crippen LogP contribution in [0.5, 0.6) is 0 Å². The van der Waals surface area contributed by atoms with Crippen LogP contribution in [0.25, 0.3) is 0 Å². The second-order valence-electron chi connectivity index (χ2n) is 8.67. The van der Waals surface area contributed by atoms with Crippen LogP contribution in [0, 0.1) is 35.5 Å². The van der Waals surface area contributed by atoms with Gasteiger partial charge in [0.2, 0.25) is 0 Å². The number of ether oxygens (including phenoxy) is 1. The zero-order valence-corrected chi connectivity index (χ0v) is 17.8. The Morgan fingerprint density at radius 1 is 0.926 bits per heavy atom. The number of rotatable bonds is 1. The van der Waals surface area contributed by atoms with Gasteiger partial charge in [-0.1, -0.05) is 41.5 Å². The first kappa shape index (κ1) is 24.1. The molecule has 0 aliphatic carbocycles. The molecule has 0 radical (unpaired) electrons. The highest BCUT2D eigenvalue weighted by Gasteiger charge is 2.39. The fourth-order valence-corrected chi connectivity index (χ4v) is 4.24. The Hall–Kier alpha value is -0.980. The second-order valence-corrected chi connectivity index (χ2v) is 8.67. The van der Waals surface area contributed by atoms with Crippen molar-refractivity contribution in [1.82, 2.24) is 0 Å². The molecule has 1 aliphatic heterocycles. The van der Waals surface area contributed by atoms with Gasteiger partial charge in [-0.15, -0.1) is 0 Å². The molecule has 1 rings (SSSR count). The Bertz CT molecular complexity index is 507. The summed E-state index contributed by atoms with van der Waals surface area (Å²) in [5.74, 6) is -3.48. The number of esters is 1. The van der Waals surface area contributed by atoms with E-state index in [0.717, 1.165) is 0 Å². The number of hydrogen-bond acceptors (Lipinski definition) is 6. The van der Waals surface area contributed by atoms with E-state index in [1.165, 1.54) is 0 Å². The van der Waals surface area contributed by atoms with Gasteiger partial charge in [-0.3, -0.25) is 9.59 Å². The Morgan fingerprint density at radius 2 is 1.44 bits per heavy atom. The Balaban J connectivity index is 3.23. The van der Waals surface area contributed by atoms with Crippen molar-refractivity contribution in [1.29, 1.82) is 0 Å². The lowest BCUT2D eigenvalue weighted by Gasteiger charge is -2.35. The van der Waals surface area contributed by atoms with Crippen molar-refractivity contribution in [3.05, 3.63) is 0 Å². The van der Waals surface area contributed by atoms with Crippen LogP contribution in [-0.2, 0) is 14.3 Å². The zero-order chi connectivity index (χ0) is 21.0. The van der Waals surface area contributed by atoms with Crippen molar-refractivity contribution >= 4 is 11.8 Å². The number of carbonyl (C=O) groups excluding carboxylic acids is 2. The van der Waals surface area contributed by atoms with E-state index in [4.69, 9.17) is 4.74 Å². The van der Waals surface area contributed by atoms with E-state index in [1.807, 2.05) is 20.8 Å². The average molecular weight is 389 g/mol. The van der Waals surface area contributed by atoms with Crippen LogP contribution in [-0.4, -0.2) is 51.5 Å². The molecule has 1 heterocycles. The highest BCUT2D eigenvalue weighted by Crippen LogP contribution is 2.30. The molecular weight excluding hydrogens is 350 g/mol. The highest BCUT2D eigenvalue weighted by molar-refractivity contribution is 5.83. The van der Waals surface area contributed by atoms with Crippen LogP contribution in [0.2, 0.25) is 0 Å². The number of carbonyl (C=O) groups is 2. The molecule has 0 bridgehead atoms. The van der Waals surface area contributed by atoms with Crippen molar-refractivity contribution in [2.75, 3.05) is 0 Å². The lowest BCUT2D eigenvalue weighted by molar-refractivity contribution is -0.166. The molecule has 27 heavy (non-hydrogen) atoms. The van der Waals surface area contributed by atoms with E-state index in [9.17, 15) is 24.9 Å². The molecule has 0 spiro atoms. The van der Waals surface area contributed by atoms with Gasteiger partial charge in [0, 0.05) is 23.7 Å². The summed E-state index contributed by atoms with van der Waals surface area (Å²) in [6.45, 7) is 12.3. The summed E-state index contributed by atoms with van der Waals surface area (Å²) in [4.78, 5) is 25.3. The molecule has 1 fully saturated rings. The summed E-state index contributed by atoms with van der Waals surface area (Å²) < 4.78 is 5.58. The van der Waals surface area contributed by atoms with Gasteiger partial charge in [0.25, 0.3) is 0 Å². The molecule has 3 N–H and O–H groups in total. The molecule has 2 unspecified atom stereocenters. The number of Topliss-reactive ketones (excluding diaryl/α,β-unsaturated/α-hetero) is 1. The van der Waals surface area contributed by atoms with Crippen molar-refractivity contribution in [3.8, 4) is 0 Å². The number of aliphatic hydroxyl groups excluding tert-OH is 3. The van der Waals surface area contributed by atoms with Crippen LogP contribution < -0.4 is 0 Å². The monoisotopic (exact) mass is 388 g/mol. The second kappa shape index (κ2) is 9.99. The third-order valence-electron chi connectivity index (χ3n) is 6.51. The van der Waals surface area contributed by atoms with E-state index < -0.39 is 54.1 Å². The van der Waals surface area contributed by atoms with Crippen LogP contribution in [0.15, 0.2) is 0 Å². The topological polar surface area (TPSA) is 104 Å². The molecule has 0 aromatic carbocycles. The fourth-order valence-electron chi connectivity index (χ4n) is 4.24. The minimum Gasteiger partial charge on any atom is -0.462 e. The maximum Gasteiger partial charge on any atom is 0.311 e. The predicted molar refractivity (Wildman–Crippen MR) is 103 cm³/mol. The van der Waals surface area contributed by atoms with Crippen molar-refractivity contribution in [3.63, 3.8) is 0 Å². The molecule has 1 saturated heterocycles. The van der Waals surface area contributed by atoms with E-state index in [2.05, 4.69) is 0 Å². The Labute approximate surface area is 163 Å². The van der Waals surface area contributed by atoms with Crippen LogP contribution >= 0.6 is 0 Å². The Kier molecular flexibility index (Phi) is 8.90. The van der Waals surface area contributed by atoms with Crippen molar-refractivity contribution < 1.29 is 29.6 Å². The van der Waals surface area contributed by atoms with E-state index in [0.29, 0.717) is 12.8 Å². The molecule has 0 aromatic heterocycles. The lowest BCUT2D eigenvalue weighted by atomic mass is 9.77. The van der Waals surface area contributed by atoms with E-state index >= 15 is 0 Å². The van der Waals surface area contributed by atoms with E-state index in [1.54, 1.807) is 27.7 Å². The smallest absolute Gasteiger partial charge is 0.311 e. The van der Waals surface area contributed by atoms with Gasteiger partial charge < -0.3 is 20.1 Å². The molecule has 0 amide bonds. The standard InChI is InChI=1S/C21H38O6/c1-8-16-12(4)19(24)13(5)17(22)10(2)9-11(3)18(23)14(6)20(25)15(7)21(26)27-16/h10-16,18-20,23-25H,8-9H2,1-7H3/t10-,11?,12+,13+,14-,15-,16?,18+,19+,20+/m1/s1/i22+2. The zero-order valence-electron chi connectivity index (χ0n) is 17.8. The van der Waals surface area contributed by atoms with Gasteiger partial charge in [-0.05, 0) is 25.7 Å². The first-order valence-corrected chi connectivity index (χ1v) is 10.2. The summed E-state index contributed by atoms with van der Waals surface area (Å²) in [5.41, 5.74) is 0. The van der Waals surface area contributed by atoms with Gasteiger partial charge >= 0.3 is 5.97 Å². The molecule has 6 nitrogen and oxygen atoms in total. The molecule has 158 valence electrons. The SMILES string of the molecule is CCC1OC(=O)[C@H](C)[C@@H](O)[C@H](C)[C@@H](O)C(C)C[C@@H](C)C(=[18O])[C@H](C)[C@@H](O)[C@H]1C. The highest BCUT2D eigenvalue weighted by atomic mass is 18.1. The molecule has 0 saturated carbocycles.